The Hall–Kier alpha value is -0.930. The van der Waals surface area contributed by atoms with Crippen molar-refractivity contribution >= 4 is 0 Å². The Labute approximate surface area is 63.9 Å². The van der Waals surface area contributed by atoms with E-state index in [1.807, 2.05) is 6.92 Å². The Morgan fingerprint density at radius 2 is 2.36 bits per heavy atom. The van der Waals surface area contributed by atoms with Gasteiger partial charge in [0.05, 0.1) is 12.0 Å². The summed E-state index contributed by atoms with van der Waals surface area (Å²) in [4.78, 5) is 3.81. The van der Waals surface area contributed by atoms with E-state index in [2.05, 4.69) is 4.98 Å². The average Bonchev–Trinajstić information content (AvgIpc) is 2.37. The van der Waals surface area contributed by atoms with E-state index >= 15 is 0 Å². The molecule has 0 aliphatic heterocycles. The fourth-order valence-electron chi connectivity index (χ4n) is 0.872. The van der Waals surface area contributed by atoms with Crippen molar-refractivity contribution in [3.05, 3.63) is 18.2 Å². The number of aryl methyl sites for hydroxylation is 1. The van der Waals surface area contributed by atoms with Gasteiger partial charge < -0.3 is 0 Å². The van der Waals surface area contributed by atoms with Crippen LogP contribution < -0.4 is 0 Å². The number of aromatic nitrogens is 2. The molecule has 4 heteroatoms. The van der Waals surface area contributed by atoms with Crippen molar-refractivity contribution in [1.29, 1.82) is 0 Å². The lowest BCUT2D eigenvalue weighted by atomic mass is 10.3. The molecule has 0 radical (unpaired) electrons. The average molecular weight is 160 g/mol. The fraction of sp³-hybridized carbons (Fsp3) is 0.571. The molecule has 0 amide bonds. The second kappa shape index (κ2) is 3.46. The molecule has 11 heavy (non-hydrogen) atoms. The first-order chi connectivity index (χ1) is 5.24. The zero-order chi connectivity index (χ0) is 8.27. The SMILES string of the molecule is CCCc1cn(C(F)F)cn1. The van der Waals surface area contributed by atoms with Crippen LogP contribution in [0.15, 0.2) is 12.5 Å². The van der Waals surface area contributed by atoms with Gasteiger partial charge >= 0.3 is 6.55 Å². The Kier molecular flexibility index (Phi) is 2.57. The molecule has 0 fully saturated rings. The van der Waals surface area contributed by atoms with Crippen LogP contribution in [0.25, 0.3) is 0 Å². The summed E-state index contributed by atoms with van der Waals surface area (Å²) in [6.07, 6.45) is 4.24. The lowest BCUT2D eigenvalue weighted by molar-refractivity contribution is 0.0700. The van der Waals surface area contributed by atoms with Gasteiger partial charge in [0, 0.05) is 6.20 Å². The van der Waals surface area contributed by atoms with Gasteiger partial charge in [-0.2, -0.15) is 8.78 Å². The molecule has 2 nitrogen and oxygen atoms in total. The highest BCUT2D eigenvalue weighted by Crippen LogP contribution is 2.10. The molecule has 0 atom stereocenters. The van der Waals surface area contributed by atoms with E-state index in [0.717, 1.165) is 29.4 Å². The van der Waals surface area contributed by atoms with E-state index in [1.165, 1.54) is 6.20 Å². The molecule has 0 N–H and O–H groups in total. The Bertz CT molecular complexity index is 220. The van der Waals surface area contributed by atoms with Crippen molar-refractivity contribution in [2.75, 3.05) is 0 Å². The molecule has 0 bridgehead atoms. The number of nitrogens with zero attached hydrogens (tertiary/aromatic N) is 2. The van der Waals surface area contributed by atoms with E-state index in [1.54, 1.807) is 0 Å². The smallest absolute Gasteiger partial charge is 0.280 e. The third kappa shape index (κ3) is 2.00. The summed E-state index contributed by atoms with van der Waals surface area (Å²) in [5.74, 6) is 0. The molecule has 0 saturated heterocycles. The zero-order valence-electron chi connectivity index (χ0n) is 6.30. The first kappa shape index (κ1) is 8.17. The molecular formula is C7H10F2N2. The van der Waals surface area contributed by atoms with Gasteiger partial charge in [-0.05, 0) is 6.42 Å². The monoisotopic (exact) mass is 160 g/mol. The lowest BCUT2D eigenvalue weighted by Gasteiger charge is -1.95. The van der Waals surface area contributed by atoms with Gasteiger partial charge in [-0.3, -0.25) is 4.57 Å². The van der Waals surface area contributed by atoms with Crippen LogP contribution in [0.4, 0.5) is 8.78 Å². The topological polar surface area (TPSA) is 17.8 Å². The van der Waals surface area contributed by atoms with Crippen LogP contribution in [0.2, 0.25) is 0 Å². The highest BCUT2D eigenvalue weighted by molar-refractivity contribution is 4.96. The van der Waals surface area contributed by atoms with E-state index in [4.69, 9.17) is 0 Å². The number of alkyl halides is 2. The number of imidazole rings is 1. The van der Waals surface area contributed by atoms with E-state index in [-0.39, 0.29) is 0 Å². The fourth-order valence-corrected chi connectivity index (χ4v) is 0.872. The standard InChI is InChI=1S/C7H10F2N2/c1-2-3-6-4-11(5-10-6)7(8)9/h4-5,7H,2-3H2,1H3. The van der Waals surface area contributed by atoms with Gasteiger partial charge in [0.2, 0.25) is 0 Å². The quantitative estimate of drug-likeness (QED) is 0.663. The molecule has 1 rings (SSSR count). The van der Waals surface area contributed by atoms with Crippen molar-refractivity contribution in [3.63, 3.8) is 0 Å². The summed E-state index contributed by atoms with van der Waals surface area (Å²) in [5, 5.41) is 0. The maximum absolute atomic E-state index is 11.9. The normalized spacial score (nSPS) is 10.9. The van der Waals surface area contributed by atoms with Crippen LogP contribution in [0, 0.1) is 0 Å². The second-order valence-corrected chi connectivity index (χ2v) is 2.34. The summed E-state index contributed by atoms with van der Waals surface area (Å²) in [6.45, 7) is -0.477. The molecule has 0 saturated carbocycles. The molecule has 1 heterocycles. The van der Waals surface area contributed by atoms with Gasteiger partial charge in [0.15, 0.2) is 0 Å². The summed E-state index contributed by atoms with van der Waals surface area (Å²) in [5.41, 5.74) is 0.729. The molecule has 0 aromatic carbocycles. The highest BCUT2D eigenvalue weighted by atomic mass is 19.3. The predicted octanol–water partition coefficient (Wildman–Crippen LogP) is 2.23. The van der Waals surface area contributed by atoms with Crippen LogP contribution in [-0.2, 0) is 6.42 Å². The molecule has 0 aliphatic rings. The minimum atomic E-state index is -2.46. The second-order valence-electron chi connectivity index (χ2n) is 2.34. The summed E-state index contributed by atoms with van der Waals surface area (Å²) >= 11 is 0. The van der Waals surface area contributed by atoms with Gasteiger partial charge in [0.1, 0.15) is 0 Å². The van der Waals surface area contributed by atoms with Gasteiger partial charge in [0.25, 0.3) is 0 Å². The third-order valence-corrected chi connectivity index (χ3v) is 1.39. The third-order valence-electron chi connectivity index (χ3n) is 1.39. The molecule has 0 spiro atoms. The number of hydrogen-bond acceptors (Lipinski definition) is 1. The molecular weight excluding hydrogens is 150 g/mol. The largest absolute Gasteiger partial charge is 0.319 e. The zero-order valence-corrected chi connectivity index (χ0v) is 6.30. The summed E-state index contributed by atoms with van der Waals surface area (Å²) < 4.78 is 24.7. The van der Waals surface area contributed by atoms with E-state index in [9.17, 15) is 8.78 Å². The number of halogens is 2. The Balaban J connectivity index is 2.66. The lowest BCUT2D eigenvalue weighted by Crippen LogP contribution is -1.92. The van der Waals surface area contributed by atoms with Crippen LogP contribution in [0.3, 0.4) is 0 Å². The molecule has 62 valence electrons. The maximum atomic E-state index is 11.9. The van der Waals surface area contributed by atoms with Crippen molar-refractivity contribution in [2.24, 2.45) is 0 Å². The maximum Gasteiger partial charge on any atom is 0.319 e. The van der Waals surface area contributed by atoms with E-state index in [0.29, 0.717) is 0 Å². The molecule has 0 unspecified atom stereocenters. The Morgan fingerprint density at radius 3 is 2.82 bits per heavy atom. The molecule has 1 aromatic rings. The van der Waals surface area contributed by atoms with Gasteiger partial charge in [-0.25, -0.2) is 4.98 Å². The summed E-state index contributed by atoms with van der Waals surface area (Å²) in [6, 6.07) is 0. The highest BCUT2D eigenvalue weighted by Gasteiger charge is 2.05. The van der Waals surface area contributed by atoms with Gasteiger partial charge in [-0.1, -0.05) is 13.3 Å². The van der Waals surface area contributed by atoms with Crippen LogP contribution in [0.1, 0.15) is 25.6 Å². The first-order valence-corrected chi connectivity index (χ1v) is 3.54. The van der Waals surface area contributed by atoms with Crippen LogP contribution in [-0.4, -0.2) is 9.55 Å². The number of rotatable bonds is 3. The van der Waals surface area contributed by atoms with Crippen LogP contribution in [0.5, 0.6) is 0 Å². The van der Waals surface area contributed by atoms with Crippen molar-refractivity contribution in [2.45, 2.75) is 26.3 Å². The first-order valence-electron chi connectivity index (χ1n) is 3.54. The van der Waals surface area contributed by atoms with Crippen molar-refractivity contribution < 1.29 is 8.78 Å². The van der Waals surface area contributed by atoms with Crippen molar-refractivity contribution in [1.82, 2.24) is 9.55 Å². The summed E-state index contributed by atoms with van der Waals surface area (Å²) in [7, 11) is 0. The van der Waals surface area contributed by atoms with Crippen LogP contribution >= 0.6 is 0 Å². The Morgan fingerprint density at radius 1 is 1.64 bits per heavy atom. The molecule has 1 aromatic heterocycles. The van der Waals surface area contributed by atoms with Crippen molar-refractivity contribution in [3.8, 4) is 0 Å². The van der Waals surface area contributed by atoms with Gasteiger partial charge in [-0.15, -0.1) is 0 Å². The molecule has 0 aliphatic carbocycles. The number of hydrogen-bond donors (Lipinski definition) is 0. The van der Waals surface area contributed by atoms with E-state index < -0.39 is 6.55 Å². The minimum Gasteiger partial charge on any atom is -0.280 e. The predicted molar refractivity (Wildman–Crippen MR) is 37.5 cm³/mol. The minimum absolute atomic E-state index is 0.729.